The van der Waals surface area contributed by atoms with Crippen LogP contribution in [0.2, 0.25) is 0 Å². The average molecular weight is 394 g/mol. The molecule has 0 saturated carbocycles. The number of benzene rings is 1. The van der Waals surface area contributed by atoms with Gasteiger partial charge in [0.15, 0.2) is 0 Å². The number of sulfonamides is 1. The van der Waals surface area contributed by atoms with Gasteiger partial charge in [-0.2, -0.15) is 4.31 Å². The van der Waals surface area contributed by atoms with Gasteiger partial charge < -0.3 is 10.6 Å². The second kappa shape index (κ2) is 8.29. The molecule has 0 radical (unpaired) electrons. The quantitative estimate of drug-likeness (QED) is 0.774. The van der Waals surface area contributed by atoms with Gasteiger partial charge in [-0.05, 0) is 76.6 Å². The molecule has 2 aliphatic rings. The number of aryl methyl sites for hydroxylation is 3. The highest BCUT2D eigenvalue weighted by Crippen LogP contribution is 2.30. The van der Waals surface area contributed by atoms with Gasteiger partial charge in [-0.1, -0.05) is 17.7 Å². The lowest BCUT2D eigenvalue weighted by Crippen LogP contribution is -2.46. The molecule has 1 amide bonds. The number of nitrogens with zero attached hydrogens (tertiary/aromatic N) is 1. The number of amides is 1. The molecule has 2 unspecified atom stereocenters. The van der Waals surface area contributed by atoms with Crippen molar-refractivity contribution in [3.63, 3.8) is 0 Å². The van der Waals surface area contributed by atoms with Crippen molar-refractivity contribution in [3.05, 3.63) is 28.8 Å². The van der Waals surface area contributed by atoms with E-state index in [1.807, 2.05) is 32.9 Å². The van der Waals surface area contributed by atoms with Gasteiger partial charge in [-0.3, -0.25) is 4.79 Å². The molecule has 2 N–H and O–H groups in total. The molecular formula is C20H31N3O3S. The monoisotopic (exact) mass is 393 g/mol. The van der Waals surface area contributed by atoms with E-state index in [1.165, 1.54) is 4.31 Å². The Kier molecular flexibility index (Phi) is 6.23. The van der Waals surface area contributed by atoms with Crippen LogP contribution in [0.25, 0.3) is 0 Å². The van der Waals surface area contributed by atoms with Crippen LogP contribution in [0.3, 0.4) is 0 Å². The van der Waals surface area contributed by atoms with E-state index in [1.54, 1.807) is 0 Å². The fourth-order valence-electron chi connectivity index (χ4n) is 4.46. The van der Waals surface area contributed by atoms with E-state index < -0.39 is 16.1 Å². The summed E-state index contributed by atoms with van der Waals surface area (Å²) in [6.45, 7) is 8.68. The Hall–Kier alpha value is -1.44. The molecule has 7 heteroatoms. The van der Waals surface area contributed by atoms with Crippen molar-refractivity contribution >= 4 is 15.9 Å². The summed E-state index contributed by atoms with van der Waals surface area (Å²) < 4.78 is 28.1. The van der Waals surface area contributed by atoms with E-state index in [9.17, 15) is 13.2 Å². The Morgan fingerprint density at radius 2 is 1.93 bits per heavy atom. The third-order valence-electron chi connectivity index (χ3n) is 5.69. The highest BCUT2D eigenvalue weighted by atomic mass is 32.2. The maximum atomic E-state index is 13.3. The first-order valence-corrected chi connectivity index (χ1v) is 11.3. The first kappa shape index (κ1) is 20.3. The fraction of sp³-hybridized carbons (Fsp3) is 0.650. The molecule has 1 aromatic carbocycles. The van der Waals surface area contributed by atoms with Gasteiger partial charge in [-0.15, -0.1) is 0 Å². The fourth-order valence-corrected chi connectivity index (χ4v) is 6.53. The van der Waals surface area contributed by atoms with Crippen LogP contribution in [0, 0.1) is 26.7 Å². The van der Waals surface area contributed by atoms with Crippen LogP contribution in [-0.2, 0) is 14.8 Å². The lowest BCUT2D eigenvalue weighted by molar-refractivity contribution is -0.124. The van der Waals surface area contributed by atoms with Gasteiger partial charge >= 0.3 is 0 Å². The molecule has 0 aromatic heterocycles. The Labute approximate surface area is 162 Å². The molecule has 2 aliphatic heterocycles. The van der Waals surface area contributed by atoms with E-state index in [2.05, 4.69) is 10.6 Å². The smallest absolute Gasteiger partial charge is 0.244 e. The van der Waals surface area contributed by atoms with E-state index in [0.717, 1.165) is 42.6 Å². The van der Waals surface area contributed by atoms with Crippen molar-refractivity contribution in [1.29, 1.82) is 0 Å². The number of rotatable bonds is 6. The van der Waals surface area contributed by atoms with Gasteiger partial charge in [0.1, 0.15) is 6.04 Å². The summed E-state index contributed by atoms with van der Waals surface area (Å²) in [5, 5.41) is 6.30. The van der Waals surface area contributed by atoms with Crippen LogP contribution in [0.15, 0.2) is 17.0 Å². The van der Waals surface area contributed by atoms with E-state index in [4.69, 9.17) is 0 Å². The van der Waals surface area contributed by atoms with Crippen LogP contribution < -0.4 is 10.6 Å². The SMILES string of the molecule is Cc1cc(C)c(S(=O)(=O)N2CCCC2C(=O)NCCC2CCNC2)c(C)c1. The van der Waals surface area contributed by atoms with Gasteiger partial charge in [0.2, 0.25) is 15.9 Å². The zero-order valence-electron chi connectivity index (χ0n) is 16.5. The zero-order chi connectivity index (χ0) is 19.6. The lowest BCUT2D eigenvalue weighted by atomic mass is 10.1. The van der Waals surface area contributed by atoms with Crippen molar-refractivity contribution in [2.45, 2.75) is 57.4 Å². The first-order chi connectivity index (χ1) is 12.8. The molecule has 0 aliphatic carbocycles. The summed E-state index contributed by atoms with van der Waals surface area (Å²) in [5.41, 5.74) is 2.53. The molecule has 6 nitrogen and oxygen atoms in total. The number of hydrogen-bond acceptors (Lipinski definition) is 4. The molecule has 0 spiro atoms. The van der Waals surface area contributed by atoms with Crippen LogP contribution in [0.4, 0.5) is 0 Å². The average Bonchev–Trinajstić information content (AvgIpc) is 3.25. The predicted octanol–water partition coefficient (Wildman–Crippen LogP) is 1.88. The second-order valence-electron chi connectivity index (χ2n) is 7.94. The molecule has 3 rings (SSSR count). The number of carbonyl (C=O) groups excluding carboxylic acids is 1. The van der Waals surface area contributed by atoms with E-state index in [-0.39, 0.29) is 5.91 Å². The molecular weight excluding hydrogens is 362 g/mol. The van der Waals surface area contributed by atoms with Gasteiger partial charge in [0, 0.05) is 13.1 Å². The van der Waals surface area contributed by atoms with Crippen molar-refractivity contribution in [3.8, 4) is 0 Å². The standard InChI is InChI=1S/C20H31N3O3S/c1-14-11-15(2)19(16(3)12-14)27(25,26)23-10-4-5-18(23)20(24)22-9-7-17-6-8-21-13-17/h11-12,17-18,21H,4-10,13H2,1-3H3,(H,22,24). The lowest BCUT2D eigenvalue weighted by Gasteiger charge is -2.25. The molecule has 2 fully saturated rings. The maximum absolute atomic E-state index is 13.3. The summed E-state index contributed by atoms with van der Waals surface area (Å²) in [5.74, 6) is 0.441. The van der Waals surface area contributed by atoms with E-state index in [0.29, 0.717) is 36.7 Å². The molecule has 150 valence electrons. The normalized spacial score (nSPS) is 23.7. The van der Waals surface area contributed by atoms with Crippen LogP contribution in [-0.4, -0.2) is 50.9 Å². The Bertz CT molecular complexity index is 778. The van der Waals surface area contributed by atoms with E-state index >= 15 is 0 Å². The highest BCUT2D eigenvalue weighted by molar-refractivity contribution is 7.89. The van der Waals surface area contributed by atoms with Crippen LogP contribution >= 0.6 is 0 Å². The minimum absolute atomic E-state index is 0.163. The third-order valence-corrected chi connectivity index (χ3v) is 7.91. The highest BCUT2D eigenvalue weighted by Gasteiger charge is 2.40. The maximum Gasteiger partial charge on any atom is 0.244 e. The predicted molar refractivity (Wildman–Crippen MR) is 106 cm³/mol. The number of nitrogens with one attached hydrogen (secondary N) is 2. The molecule has 0 bridgehead atoms. The summed E-state index contributed by atoms with van der Waals surface area (Å²) in [7, 11) is -3.69. The topological polar surface area (TPSA) is 78.5 Å². The van der Waals surface area contributed by atoms with Crippen molar-refractivity contribution in [2.24, 2.45) is 5.92 Å². The van der Waals surface area contributed by atoms with Crippen molar-refractivity contribution in [1.82, 2.24) is 14.9 Å². The Morgan fingerprint density at radius 1 is 1.22 bits per heavy atom. The van der Waals surface area contributed by atoms with Crippen LogP contribution in [0.5, 0.6) is 0 Å². The summed E-state index contributed by atoms with van der Waals surface area (Å²) >= 11 is 0. The van der Waals surface area contributed by atoms with Gasteiger partial charge in [0.05, 0.1) is 4.90 Å². The molecule has 2 atom stereocenters. The largest absolute Gasteiger partial charge is 0.355 e. The van der Waals surface area contributed by atoms with Crippen molar-refractivity contribution in [2.75, 3.05) is 26.2 Å². The molecule has 27 heavy (non-hydrogen) atoms. The Balaban J connectivity index is 1.72. The molecule has 2 heterocycles. The van der Waals surface area contributed by atoms with Crippen LogP contribution in [0.1, 0.15) is 42.4 Å². The molecule has 1 aromatic rings. The number of hydrogen-bond donors (Lipinski definition) is 2. The third kappa shape index (κ3) is 4.36. The number of carbonyl (C=O) groups is 1. The Morgan fingerprint density at radius 3 is 2.56 bits per heavy atom. The second-order valence-corrected chi connectivity index (χ2v) is 9.77. The molecule has 2 saturated heterocycles. The van der Waals surface area contributed by atoms with Crippen molar-refractivity contribution < 1.29 is 13.2 Å². The summed E-state index contributed by atoms with van der Waals surface area (Å²) in [6, 6.07) is 3.18. The van der Waals surface area contributed by atoms with Gasteiger partial charge in [0.25, 0.3) is 0 Å². The minimum atomic E-state index is -3.69. The minimum Gasteiger partial charge on any atom is -0.355 e. The summed E-state index contributed by atoms with van der Waals surface area (Å²) in [4.78, 5) is 13.1. The van der Waals surface area contributed by atoms with Gasteiger partial charge in [-0.25, -0.2) is 8.42 Å². The first-order valence-electron chi connectivity index (χ1n) is 9.89. The zero-order valence-corrected chi connectivity index (χ0v) is 17.4. The summed E-state index contributed by atoms with van der Waals surface area (Å²) in [6.07, 6.45) is 3.38.